The van der Waals surface area contributed by atoms with E-state index >= 15 is 0 Å². The van der Waals surface area contributed by atoms with E-state index in [0.717, 1.165) is 13.7 Å². The molecule has 0 radical (unpaired) electrons. The normalized spacial score (nSPS) is 10.8. The van der Waals surface area contributed by atoms with Crippen LogP contribution < -0.4 is 11.2 Å². The molecule has 6 heteroatoms. The van der Waals surface area contributed by atoms with Gasteiger partial charge < -0.3 is 15.8 Å². The van der Waals surface area contributed by atoms with Gasteiger partial charge in [0.05, 0.1) is 5.69 Å². The van der Waals surface area contributed by atoms with Gasteiger partial charge in [0.25, 0.3) is 0 Å². The van der Waals surface area contributed by atoms with Gasteiger partial charge >= 0.3 is 7.12 Å². The average Bonchev–Trinajstić information content (AvgIpc) is 2.49. The van der Waals surface area contributed by atoms with E-state index in [-0.39, 0.29) is 0 Å². The van der Waals surface area contributed by atoms with E-state index in [2.05, 4.69) is 22.6 Å². The van der Waals surface area contributed by atoms with Crippen molar-refractivity contribution in [1.29, 1.82) is 0 Å². The first-order chi connectivity index (χ1) is 6.61. The quantitative estimate of drug-likeness (QED) is 0.537. The highest BCUT2D eigenvalue weighted by Gasteiger charge is 2.18. The molecule has 1 aromatic heterocycles. The molecule has 1 aromatic carbocycles. The van der Waals surface area contributed by atoms with Crippen LogP contribution >= 0.6 is 33.9 Å². The maximum Gasteiger partial charge on any atom is 0.489 e. The van der Waals surface area contributed by atoms with E-state index in [1.165, 1.54) is 11.3 Å². The Balaban J connectivity index is 2.83. The van der Waals surface area contributed by atoms with Crippen molar-refractivity contribution in [3.63, 3.8) is 0 Å². The Morgan fingerprint density at radius 2 is 2.07 bits per heavy atom. The number of thiophene rings is 1. The third kappa shape index (κ3) is 1.52. The molecule has 0 aliphatic rings. The van der Waals surface area contributed by atoms with Gasteiger partial charge in [0, 0.05) is 24.5 Å². The Labute approximate surface area is 98.8 Å². The van der Waals surface area contributed by atoms with Crippen molar-refractivity contribution >= 4 is 62.3 Å². The van der Waals surface area contributed by atoms with Crippen molar-refractivity contribution < 1.29 is 10.0 Å². The zero-order chi connectivity index (χ0) is 10.3. The first-order valence-electron chi connectivity index (χ1n) is 3.92. The molecule has 72 valence electrons. The molecule has 0 saturated carbocycles. The zero-order valence-electron chi connectivity index (χ0n) is 7.07. The minimum absolute atomic E-state index is 0.516. The van der Waals surface area contributed by atoms with Crippen LogP contribution in [0.5, 0.6) is 0 Å². The summed E-state index contributed by atoms with van der Waals surface area (Å²) in [6, 6.07) is 3.55. The molecule has 0 atom stereocenters. The summed E-state index contributed by atoms with van der Waals surface area (Å²) in [4.78, 5) is 0. The summed E-state index contributed by atoms with van der Waals surface area (Å²) >= 11 is 3.62. The molecule has 0 bridgehead atoms. The summed E-state index contributed by atoms with van der Waals surface area (Å²) in [5, 5.41) is 21.0. The fraction of sp³-hybridized carbons (Fsp3) is 0. The van der Waals surface area contributed by atoms with Crippen molar-refractivity contribution in [1.82, 2.24) is 0 Å². The Hall–Kier alpha value is -0.305. The number of benzene rings is 1. The molecule has 0 amide bonds. The molecule has 3 nitrogen and oxygen atoms in total. The summed E-state index contributed by atoms with van der Waals surface area (Å²) in [5.74, 6) is 0. The van der Waals surface area contributed by atoms with E-state index < -0.39 is 7.12 Å². The second-order valence-corrected chi connectivity index (χ2v) is 4.95. The van der Waals surface area contributed by atoms with Crippen molar-refractivity contribution in [3.05, 3.63) is 21.1 Å². The molecule has 0 saturated heterocycles. The highest BCUT2D eigenvalue weighted by molar-refractivity contribution is 14.1. The van der Waals surface area contributed by atoms with E-state index in [1.807, 2.05) is 11.4 Å². The van der Waals surface area contributed by atoms with Crippen LogP contribution in [0.3, 0.4) is 0 Å². The summed E-state index contributed by atoms with van der Waals surface area (Å²) in [6.45, 7) is 0. The fourth-order valence-corrected chi connectivity index (χ4v) is 3.32. The van der Waals surface area contributed by atoms with Gasteiger partial charge in [-0.2, -0.15) is 0 Å². The van der Waals surface area contributed by atoms with Gasteiger partial charge in [-0.15, -0.1) is 11.3 Å². The van der Waals surface area contributed by atoms with E-state index in [0.29, 0.717) is 11.2 Å². The lowest BCUT2D eigenvalue weighted by Crippen LogP contribution is -2.30. The first-order valence-corrected chi connectivity index (χ1v) is 5.88. The topological polar surface area (TPSA) is 66.5 Å². The number of fused-ring (bicyclic) bond motifs is 1. The van der Waals surface area contributed by atoms with Crippen LogP contribution in [0.1, 0.15) is 0 Å². The molecule has 4 N–H and O–H groups in total. The highest BCUT2D eigenvalue weighted by atomic mass is 127. The second-order valence-electron chi connectivity index (χ2n) is 2.91. The Morgan fingerprint density at radius 3 is 2.71 bits per heavy atom. The minimum Gasteiger partial charge on any atom is -0.423 e. The average molecular weight is 319 g/mol. The summed E-state index contributed by atoms with van der Waals surface area (Å²) in [5.41, 5.74) is 7.00. The Bertz CT molecular complexity index is 485. The maximum atomic E-state index is 9.14. The third-order valence-electron chi connectivity index (χ3n) is 2.01. The number of hydrogen-bond acceptors (Lipinski definition) is 4. The number of halogens is 1. The van der Waals surface area contributed by atoms with Crippen molar-refractivity contribution in [3.8, 4) is 0 Å². The van der Waals surface area contributed by atoms with Crippen LogP contribution in [0.4, 0.5) is 5.69 Å². The standard InChI is InChI=1S/C8H7BINO2S/c10-5-2-1-4(9(12)13)8-7(5)6(11)3-14-8/h1-3,12-13H,11H2. The molecule has 2 rings (SSSR count). The lowest BCUT2D eigenvalue weighted by atomic mass is 9.80. The van der Waals surface area contributed by atoms with Gasteiger partial charge in [-0.3, -0.25) is 0 Å². The van der Waals surface area contributed by atoms with Crippen LogP contribution in [0.2, 0.25) is 0 Å². The molecule has 0 aliphatic carbocycles. The molecule has 0 spiro atoms. The van der Waals surface area contributed by atoms with E-state index in [9.17, 15) is 0 Å². The van der Waals surface area contributed by atoms with Crippen LogP contribution in [0.15, 0.2) is 17.5 Å². The predicted octanol–water partition coefficient (Wildman–Crippen LogP) is 0.768. The summed E-state index contributed by atoms with van der Waals surface area (Å²) < 4.78 is 1.88. The molecule has 1 heterocycles. The molecule has 0 unspecified atom stereocenters. The van der Waals surface area contributed by atoms with Gasteiger partial charge in [-0.25, -0.2) is 0 Å². The van der Waals surface area contributed by atoms with Gasteiger partial charge in [0.1, 0.15) is 0 Å². The van der Waals surface area contributed by atoms with Gasteiger partial charge in [0.15, 0.2) is 0 Å². The molecule has 2 aromatic rings. The number of rotatable bonds is 1. The molecular formula is C8H7BINO2S. The largest absolute Gasteiger partial charge is 0.489 e. The van der Waals surface area contributed by atoms with Crippen molar-refractivity contribution in [2.75, 3.05) is 5.73 Å². The molecular weight excluding hydrogens is 312 g/mol. The van der Waals surface area contributed by atoms with Crippen LogP contribution in [-0.2, 0) is 0 Å². The smallest absolute Gasteiger partial charge is 0.423 e. The lowest BCUT2D eigenvalue weighted by Gasteiger charge is -2.03. The van der Waals surface area contributed by atoms with Crippen molar-refractivity contribution in [2.24, 2.45) is 0 Å². The molecule has 0 aliphatic heterocycles. The highest BCUT2D eigenvalue weighted by Crippen LogP contribution is 2.30. The monoisotopic (exact) mass is 319 g/mol. The summed E-state index contributed by atoms with van der Waals surface area (Å²) in [7, 11) is -1.44. The van der Waals surface area contributed by atoms with Crippen LogP contribution in [0.25, 0.3) is 10.1 Å². The second kappa shape index (κ2) is 3.69. The Morgan fingerprint density at radius 1 is 1.36 bits per heavy atom. The maximum absolute atomic E-state index is 9.14. The number of nitrogens with two attached hydrogens (primary N) is 1. The van der Waals surface area contributed by atoms with Crippen molar-refractivity contribution in [2.45, 2.75) is 0 Å². The minimum atomic E-state index is -1.44. The third-order valence-corrected chi connectivity index (χ3v) is 3.95. The van der Waals surface area contributed by atoms with Gasteiger partial charge in [0.2, 0.25) is 0 Å². The fourth-order valence-electron chi connectivity index (χ4n) is 1.36. The molecule has 14 heavy (non-hydrogen) atoms. The van der Waals surface area contributed by atoms with Gasteiger partial charge in [-0.05, 0) is 28.7 Å². The number of hydrogen-bond donors (Lipinski definition) is 3. The lowest BCUT2D eigenvalue weighted by molar-refractivity contribution is 0.426. The Kier molecular flexibility index (Phi) is 2.69. The van der Waals surface area contributed by atoms with Crippen LogP contribution in [-0.4, -0.2) is 17.2 Å². The zero-order valence-corrected chi connectivity index (χ0v) is 10.0. The first kappa shape index (κ1) is 10.2. The summed E-state index contributed by atoms with van der Waals surface area (Å²) in [6.07, 6.45) is 0. The van der Waals surface area contributed by atoms with Crippen LogP contribution in [0, 0.1) is 3.57 Å². The predicted molar refractivity (Wildman–Crippen MR) is 68.8 cm³/mol. The SMILES string of the molecule is Nc1csc2c(B(O)O)ccc(I)c12. The van der Waals surface area contributed by atoms with E-state index in [4.69, 9.17) is 15.8 Å². The van der Waals surface area contributed by atoms with E-state index in [1.54, 1.807) is 6.07 Å². The molecule has 0 fully saturated rings. The number of anilines is 1. The number of nitrogen functional groups attached to an aromatic ring is 1. The van der Waals surface area contributed by atoms with Gasteiger partial charge in [-0.1, -0.05) is 6.07 Å².